The molecule has 0 spiro atoms. The average molecular weight is 329 g/mol. The Bertz CT molecular complexity index is 672. The third-order valence-electron chi connectivity index (χ3n) is 4.18. The van der Waals surface area contributed by atoms with E-state index in [2.05, 4.69) is 19.8 Å². The maximum Gasteiger partial charge on any atom is 0.225 e. The van der Waals surface area contributed by atoms with E-state index in [0.717, 1.165) is 44.2 Å². The molecule has 0 unspecified atom stereocenters. The molecule has 1 aliphatic heterocycles. The van der Waals surface area contributed by atoms with Crippen LogP contribution in [0.25, 0.3) is 0 Å². The highest BCUT2D eigenvalue weighted by Gasteiger charge is 2.19. The molecule has 128 valence electrons. The van der Waals surface area contributed by atoms with E-state index in [4.69, 9.17) is 15.2 Å². The number of benzene rings is 1. The van der Waals surface area contributed by atoms with Crippen LogP contribution in [0.5, 0.6) is 11.5 Å². The smallest absolute Gasteiger partial charge is 0.225 e. The van der Waals surface area contributed by atoms with Crippen molar-refractivity contribution in [2.75, 3.05) is 51.0 Å². The van der Waals surface area contributed by atoms with Crippen LogP contribution in [-0.4, -0.2) is 55.3 Å². The summed E-state index contributed by atoms with van der Waals surface area (Å²) in [5, 5.41) is 0. The van der Waals surface area contributed by atoms with Gasteiger partial charge in [0.1, 0.15) is 0 Å². The molecule has 1 aliphatic rings. The second kappa shape index (κ2) is 7.35. The molecule has 2 heterocycles. The number of piperazine rings is 1. The Hall–Kier alpha value is -2.54. The summed E-state index contributed by atoms with van der Waals surface area (Å²) in [7, 11) is 3.22. The van der Waals surface area contributed by atoms with Gasteiger partial charge in [-0.05, 0) is 23.8 Å². The standard InChI is InChI=1S/C17H23N5O2/c1-23-15-11-13(10-14(18)16(15)24-2)12-21-6-8-22(9-7-21)17-19-4-3-5-20-17/h3-5,10-11H,6-9,12,18H2,1-2H3. The highest BCUT2D eigenvalue weighted by Crippen LogP contribution is 2.34. The number of ether oxygens (including phenoxy) is 2. The number of anilines is 2. The normalized spacial score (nSPS) is 15.3. The molecule has 24 heavy (non-hydrogen) atoms. The second-order valence-corrected chi connectivity index (χ2v) is 5.73. The minimum absolute atomic E-state index is 0.590. The van der Waals surface area contributed by atoms with Crippen molar-refractivity contribution in [3.63, 3.8) is 0 Å². The number of rotatable bonds is 5. The summed E-state index contributed by atoms with van der Waals surface area (Å²) in [4.78, 5) is 13.2. The topological polar surface area (TPSA) is 76.7 Å². The van der Waals surface area contributed by atoms with Crippen LogP contribution >= 0.6 is 0 Å². The van der Waals surface area contributed by atoms with Gasteiger partial charge in [0.15, 0.2) is 11.5 Å². The second-order valence-electron chi connectivity index (χ2n) is 5.73. The van der Waals surface area contributed by atoms with Crippen LogP contribution in [0.2, 0.25) is 0 Å². The lowest BCUT2D eigenvalue weighted by Crippen LogP contribution is -2.46. The summed E-state index contributed by atoms with van der Waals surface area (Å²) >= 11 is 0. The van der Waals surface area contributed by atoms with Crippen LogP contribution < -0.4 is 20.1 Å². The molecular formula is C17H23N5O2. The van der Waals surface area contributed by atoms with Crippen molar-refractivity contribution in [1.29, 1.82) is 0 Å². The molecule has 7 nitrogen and oxygen atoms in total. The van der Waals surface area contributed by atoms with E-state index in [1.54, 1.807) is 26.6 Å². The Kier molecular flexibility index (Phi) is 5.00. The molecule has 1 fully saturated rings. The van der Waals surface area contributed by atoms with Gasteiger partial charge in [-0.1, -0.05) is 0 Å². The Morgan fingerprint density at radius 1 is 1.04 bits per heavy atom. The van der Waals surface area contributed by atoms with Gasteiger partial charge in [-0.15, -0.1) is 0 Å². The van der Waals surface area contributed by atoms with Gasteiger partial charge in [0.2, 0.25) is 5.95 Å². The van der Waals surface area contributed by atoms with Crippen molar-refractivity contribution in [3.05, 3.63) is 36.2 Å². The van der Waals surface area contributed by atoms with E-state index in [1.165, 1.54) is 0 Å². The van der Waals surface area contributed by atoms with Gasteiger partial charge in [-0.3, -0.25) is 4.90 Å². The van der Waals surface area contributed by atoms with Gasteiger partial charge < -0.3 is 20.1 Å². The van der Waals surface area contributed by atoms with Gasteiger partial charge in [0.05, 0.1) is 19.9 Å². The third-order valence-corrected chi connectivity index (χ3v) is 4.18. The number of hydrogen-bond donors (Lipinski definition) is 1. The fourth-order valence-electron chi connectivity index (χ4n) is 2.96. The molecule has 7 heteroatoms. The fraction of sp³-hybridized carbons (Fsp3) is 0.412. The Morgan fingerprint density at radius 2 is 1.75 bits per heavy atom. The molecule has 2 aromatic rings. The Balaban J connectivity index is 1.63. The van der Waals surface area contributed by atoms with Crippen LogP contribution in [-0.2, 0) is 6.54 Å². The monoisotopic (exact) mass is 329 g/mol. The van der Waals surface area contributed by atoms with Gasteiger partial charge in [-0.2, -0.15) is 0 Å². The molecule has 3 rings (SSSR count). The molecule has 0 aliphatic carbocycles. The summed E-state index contributed by atoms with van der Waals surface area (Å²) in [6.45, 7) is 4.55. The van der Waals surface area contributed by atoms with Gasteiger partial charge in [0, 0.05) is 45.1 Å². The molecule has 0 bridgehead atoms. The molecule has 0 saturated carbocycles. The lowest BCUT2D eigenvalue weighted by Gasteiger charge is -2.34. The summed E-state index contributed by atoms with van der Waals surface area (Å²) in [5.74, 6) is 2.06. The fourth-order valence-corrected chi connectivity index (χ4v) is 2.96. The number of nitrogens with two attached hydrogens (primary N) is 1. The SMILES string of the molecule is COc1cc(CN2CCN(c3ncccn3)CC2)cc(N)c1OC. The van der Waals surface area contributed by atoms with E-state index >= 15 is 0 Å². The number of hydrogen-bond acceptors (Lipinski definition) is 7. The summed E-state index contributed by atoms with van der Waals surface area (Å²) in [6, 6.07) is 5.77. The average Bonchev–Trinajstić information content (AvgIpc) is 2.62. The Labute approximate surface area is 142 Å². The minimum atomic E-state index is 0.590. The zero-order chi connectivity index (χ0) is 16.9. The van der Waals surface area contributed by atoms with Crippen molar-refractivity contribution in [2.24, 2.45) is 0 Å². The van der Waals surface area contributed by atoms with Crippen molar-refractivity contribution in [3.8, 4) is 11.5 Å². The molecule has 1 aromatic heterocycles. The highest BCUT2D eigenvalue weighted by atomic mass is 16.5. The lowest BCUT2D eigenvalue weighted by molar-refractivity contribution is 0.248. The van der Waals surface area contributed by atoms with Gasteiger partial charge in [0.25, 0.3) is 0 Å². The molecule has 1 aromatic carbocycles. The van der Waals surface area contributed by atoms with E-state index in [9.17, 15) is 0 Å². The zero-order valence-corrected chi connectivity index (χ0v) is 14.1. The summed E-state index contributed by atoms with van der Waals surface area (Å²) < 4.78 is 10.7. The molecule has 0 radical (unpaired) electrons. The summed E-state index contributed by atoms with van der Waals surface area (Å²) in [5.41, 5.74) is 7.78. The van der Waals surface area contributed by atoms with E-state index in [-0.39, 0.29) is 0 Å². The maximum absolute atomic E-state index is 6.06. The molecule has 1 saturated heterocycles. The van der Waals surface area contributed by atoms with Crippen LogP contribution in [0.15, 0.2) is 30.6 Å². The molecular weight excluding hydrogens is 306 g/mol. The molecule has 0 atom stereocenters. The van der Waals surface area contributed by atoms with Crippen molar-refractivity contribution < 1.29 is 9.47 Å². The Morgan fingerprint density at radius 3 is 2.38 bits per heavy atom. The summed E-state index contributed by atoms with van der Waals surface area (Å²) in [6.07, 6.45) is 3.56. The minimum Gasteiger partial charge on any atom is -0.493 e. The van der Waals surface area contributed by atoms with Crippen molar-refractivity contribution in [1.82, 2.24) is 14.9 Å². The van der Waals surface area contributed by atoms with E-state index in [1.807, 2.05) is 18.2 Å². The first kappa shape index (κ1) is 16.3. The first-order chi connectivity index (χ1) is 11.7. The van der Waals surface area contributed by atoms with Crippen LogP contribution in [0.1, 0.15) is 5.56 Å². The van der Waals surface area contributed by atoms with E-state index < -0.39 is 0 Å². The maximum atomic E-state index is 6.06. The zero-order valence-electron chi connectivity index (χ0n) is 14.1. The predicted octanol–water partition coefficient (Wildman–Crippen LogP) is 1.40. The van der Waals surface area contributed by atoms with E-state index in [0.29, 0.717) is 17.2 Å². The molecule has 0 amide bonds. The van der Waals surface area contributed by atoms with Gasteiger partial charge in [-0.25, -0.2) is 9.97 Å². The van der Waals surface area contributed by atoms with Crippen molar-refractivity contribution >= 4 is 11.6 Å². The van der Waals surface area contributed by atoms with Crippen molar-refractivity contribution in [2.45, 2.75) is 6.54 Å². The number of nitrogen functional groups attached to an aromatic ring is 1. The third kappa shape index (κ3) is 3.51. The predicted molar refractivity (Wildman–Crippen MR) is 93.5 cm³/mol. The number of nitrogens with zero attached hydrogens (tertiary/aromatic N) is 4. The highest BCUT2D eigenvalue weighted by molar-refractivity contribution is 5.62. The number of methoxy groups -OCH3 is 2. The number of aromatic nitrogens is 2. The first-order valence-electron chi connectivity index (χ1n) is 7.96. The first-order valence-corrected chi connectivity index (χ1v) is 7.96. The van der Waals surface area contributed by atoms with Gasteiger partial charge >= 0.3 is 0 Å². The van der Waals surface area contributed by atoms with Crippen LogP contribution in [0.3, 0.4) is 0 Å². The lowest BCUT2D eigenvalue weighted by atomic mass is 10.1. The largest absolute Gasteiger partial charge is 0.493 e. The quantitative estimate of drug-likeness (QED) is 0.831. The molecule has 2 N–H and O–H groups in total. The van der Waals surface area contributed by atoms with Crippen LogP contribution in [0, 0.1) is 0 Å². The van der Waals surface area contributed by atoms with Crippen LogP contribution in [0.4, 0.5) is 11.6 Å².